The molecule has 2 rings (SSSR count). The number of nitrogens with one attached hydrogen (secondary N) is 1. The highest BCUT2D eigenvalue weighted by Crippen LogP contribution is 2.23. The van der Waals surface area contributed by atoms with Gasteiger partial charge in [0.05, 0.1) is 0 Å². The van der Waals surface area contributed by atoms with Crippen LogP contribution in [0.3, 0.4) is 0 Å². The molecule has 0 saturated carbocycles. The van der Waals surface area contributed by atoms with Gasteiger partial charge in [0.25, 0.3) is 0 Å². The molecule has 0 radical (unpaired) electrons. The van der Waals surface area contributed by atoms with E-state index < -0.39 is 6.36 Å². The quantitative estimate of drug-likeness (QED) is 0.924. The van der Waals surface area contributed by atoms with E-state index in [4.69, 9.17) is 0 Å². The Hall–Kier alpha value is -1.27. The van der Waals surface area contributed by atoms with E-state index in [1.165, 1.54) is 12.1 Å². The largest absolute Gasteiger partial charge is 0.573 e. The summed E-state index contributed by atoms with van der Waals surface area (Å²) in [5.41, 5.74) is 0.990. The standard InChI is InChI=1S/C15H21F3N2O/c1-20(13-3-2-9-19-10-8-13)11-12-4-6-14(7-5-12)21-15(16,17)18/h4-7,13,19H,2-3,8-11H2,1H3. The molecule has 1 saturated heterocycles. The van der Waals surface area contributed by atoms with Crippen molar-refractivity contribution >= 4 is 0 Å². The van der Waals surface area contributed by atoms with Crippen LogP contribution < -0.4 is 10.1 Å². The lowest BCUT2D eigenvalue weighted by atomic mass is 10.1. The molecule has 0 aromatic heterocycles. The monoisotopic (exact) mass is 302 g/mol. The zero-order valence-corrected chi connectivity index (χ0v) is 12.1. The van der Waals surface area contributed by atoms with Gasteiger partial charge < -0.3 is 10.1 Å². The summed E-state index contributed by atoms with van der Waals surface area (Å²) in [6, 6.07) is 6.63. The van der Waals surface area contributed by atoms with Crippen molar-refractivity contribution in [3.63, 3.8) is 0 Å². The molecule has 1 aromatic rings. The van der Waals surface area contributed by atoms with Gasteiger partial charge in [-0.05, 0) is 57.1 Å². The zero-order chi connectivity index (χ0) is 15.3. The summed E-state index contributed by atoms with van der Waals surface area (Å²) >= 11 is 0. The van der Waals surface area contributed by atoms with Gasteiger partial charge in [-0.3, -0.25) is 4.90 Å². The molecule has 1 aromatic carbocycles. The first-order valence-corrected chi connectivity index (χ1v) is 7.20. The molecule has 21 heavy (non-hydrogen) atoms. The summed E-state index contributed by atoms with van der Waals surface area (Å²) in [6.45, 7) is 2.82. The predicted octanol–water partition coefficient (Wildman–Crippen LogP) is 3.16. The molecule has 0 spiro atoms. The van der Waals surface area contributed by atoms with Crippen molar-refractivity contribution in [2.24, 2.45) is 0 Å². The Bertz CT molecular complexity index is 426. The summed E-state index contributed by atoms with van der Waals surface area (Å²) in [5.74, 6) is -0.174. The van der Waals surface area contributed by atoms with Crippen molar-refractivity contribution in [3.8, 4) is 5.75 Å². The second-order valence-electron chi connectivity index (χ2n) is 5.44. The van der Waals surface area contributed by atoms with Gasteiger partial charge in [0.2, 0.25) is 0 Å². The third kappa shape index (κ3) is 5.55. The lowest BCUT2D eigenvalue weighted by molar-refractivity contribution is -0.274. The van der Waals surface area contributed by atoms with Crippen molar-refractivity contribution in [3.05, 3.63) is 29.8 Å². The molecule has 1 fully saturated rings. The summed E-state index contributed by atoms with van der Waals surface area (Å²) in [4.78, 5) is 2.27. The Kier molecular flexibility index (Phi) is 5.47. The third-order valence-corrected chi connectivity index (χ3v) is 3.76. The minimum absolute atomic E-state index is 0.174. The fourth-order valence-electron chi connectivity index (χ4n) is 2.66. The maximum atomic E-state index is 12.1. The number of hydrogen-bond acceptors (Lipinski definition) is 3. The smallest absolute Gasteiger partial charge is 0.406 e. The molecule has 6 heteroatoms. The van der Waals surface area contributed by atoms with Crippen LogP contribution >= 0.6 is 0 Å². The summed E-state index contributed by atoms with van der Waals surface area (Å²) < 4.78 is 40.2. The fraction of sp³-hybridized carbons (Fsp3) is 0.600. The lowest BCUT2D eigenvalue weighted by Crippen LogP contribution is -2.32. The second-order valence-corrected chi connectivity index (χ2v) is 5.44. The second kappa shape index (κ2) is 7.13. The van der Waals surface area contributed by atoms with Crippen LogP contribution in [-0.2, 0) is 6.54 Å². The third-order valence-electron chi connectivity index (χ3n) is 3.76. The van der Waals surface area contributed by atoms with Crippen LogP contribution in [0.25, 0.3) is 0 Å². The van der Waals surface area contributed by atoms with E-state index >= 15 is 0 Å². The molecule has 3 nitrogen and oxygen atoms in total. The highest BCUT2D eigenvalue weighted by atomic mass is 19.4. The minimum Gasteiger partial charge on any atom is -0.406 e. The Labute approximate surface area is 123 Å². The van der Waals surface area contributed by atoms with Gasteiger partial charge in [-0.1, -0.05) is 12.1 Å². The van der Waals surface area contributed by atoms with Crippen LogP contribution in [0.5, 0.6) is 5.75 Å². The van der Waals surface area contributed by atoms with E-state index in [1.54, 1.807) is 12.1 Å². The fourth-order valence-corrected chi connectivity index (χ4v) is 2.66. The first-order chi connectivity index (χ1) is 9.94. The van der Waals surface area contributed by atoms with Crippen molar-refractivity contribution in [2.75, 3.05) is 20.1 Å². The highest BCUT2D eigenvalue weighted by molar-refractivity contribution is 5.27. The Morgan fingerprint density at radius 2 is 1.90 bits per heavy atom. The van der Waals surface area contributed by atoms with Gasteiger partial charge in [0.15, 0.2) is 0 Å². The molecule has 118 valence electrons. The van der Waals surface area contributed by atoms with Crippen LogP contribution in [0.2, 0.25) is 0 Å². The number of rotatable bonds is 4. The maximum absolute atomic E-state index is 12.1. The number of alkyl halides is 3. The molecule has 1 heterocycles. The Morgan fingerprint density at radius 1 is 1.19 bits per heavy atom. The average molecular weight is 302 g/mol. The molecule has 1 atom stereocenters. The summed E-state index contributed by atoms with van der Waals surface area (Å²) in [7, 11) is 2.07. The number of hydrogen-bond donors (Lipinski definition) is 1. The first kappa shape index (κ1) is 16.1. The van der Waals surface area contributed by atoms with Crippen molar-refractivity contribution in [1.82, 2.24) is 10.2 Å². The summed E-state index contributed by atoms with van der Waals surface area (Å²) in [6.07, 6.45) is -1.22. The molecule has 1 N–H and O–H groups in total. The van der Waals surface area contributed by atoms with E-state index in [0.717, 1.165) is 44.5 Å². The molecule has 1 aliphatic rings. The number of ether oxygens (including phenoxy) is 1. The lowest BCUT2D eigenvalue weighted by Gasteiger charge is -2.27. The van der Waals surface area contributed by atoms with Crippen molar-refractivity contribution in [1.29, 1.82) is 0 Å². The molecule has 0 amide bonds. The van der Waals surface area contributed by atoms with Gasteiger partial charge in [-0.15, -0.1) is 13.2 Å². The van der Waals surface area contributed by atoms with Gasteiger partial charge in [-0.25, -0.2) is 0 Å². The Balaban J connectivity index is 1.90. The molecule has 1 aliphatic heterocycles. The van der Waals surface area contributed by atoms with Crippen LogP contribution in [0.15, 0.2) is 24.3 Å². The number of halogens is 3. The minimum atomic E-state index is -4.63. The number of nitrogens with zero attached hydrogens (tertiary/aromatic N) is 1. The Morgan fingerprint density at radius 3 is 2.57 bits per heavy atom. The normalized spacial score (nSPS) is 20.3. The van der Waals surface area contributed by atoms with Gasteiger partial charge in [-0.2, -0.15) is 0 Å². The van der Waals surface area contributed by atoms with Crippen LogP contribution in [0, 0.1) is 0 Å². The van der Waals surface area contributed by atoms with Crippen LogP contribution in [0.4, 0.5) is 13.2 Å². The van der Waals surface area contributed by atoms with Crippen molar-refractivity contribution in [2.45, 2.75) is 38.2 Å². The highest BCUT2D eigenvalue weighted by Gasteiger charge is 2.31. The van der Waals surface area contributed by atoms with E-state index in [9.17, 15) is 13.2 Å². The molecular weight excluding hydrogens is 281 g/mol. The van der Waals surface area contributed by atoms with Gasteiger partial charge >= 0.3 is 6.36 Å². The maximum Gasteiger partial charge on any atom is 0.573 e. The zero-order valence-electron chi connectivity index (χ0n) is 12.1. The molecular formula is C15H21F3N2O. The van der Waals surface area contributed by atoms with E-state index in [1.807, 2.05) is 0 Å². The van der Waals surface area contributed by atoms with Crippen LogP contribution in [0.1, 0.15) is 24.8 Å². The van der Waals surface area contributed by atoms with E-state index in [-0.39, 0.29) is 5.75 Å². The first-order valence-electron chi connectivity index (χ1n) is 7.20. The number of benzene rings is 1. The molecule has 0 aliphatic carbocycles. The average Bonchev–Trinajstić information content (AvgIpc) is 2.68. The van der Waals surface area contributed by atoms with Gasteiger partial charge in [0.1, 0.15) is 5.75 Å². The van der Waals surface area contributed by atoms with Crippen LogP contribution in [-0.4, -0.2) is 37.4 Å². The van der Waals surface area contributed by atoms with Gasteiger partial charge in [0, 0.05) is 12.6 Å². The molecule has 1 unspecified atom stereocenters. The van der Waals surface area contributed by atoms with Crippen molar-refractivity contribution < 1.29 is 17.9 Å². The topological polar surface area (TPSA) is 24.5 Å². The van der Waals surface area contributed by atoms with E-state index in [2.05, 4.69) is 22.0 Å². The van der Waals surface area contributed by atoms with E-state index in [0.29, 0.717) is 6.04 Å². The molecule has 0 bridgehead atoms. The SMILES string of the molecule is CN(Cc1ccc(OC(F)(F)F)cc1)C1CCCNCC1. The summed E-state index contributed by atoms with van der Waals surface area (Å²) in [5, 5.41) is 3.38. The predicted molar refractivity (Wildman–Crippen MR) is 75.1 cm³/mol.